The Morgan fingerprint density at radius 2 is 2.16 bits per heavy atom. The summed E-state index contributed by atoms with van der Waals surface area (Å²) >= 11 is 0. The van der Waals surface area contributed by atoms with Gasteiger partial charge in [0, 0.05) is 6.54 Å². The smallest absolute Gasteiger partial charge is 0.307 e. The highest BCUT2D eigenvalue weighted by molar-refractivity contribution is 7.89. The molecule has 106 valence electrons. The van der Waals surface area contributed by atoms with E-state index in [9.17, 15) is 17.6 Å². The lowest BCUT2D eigenvalue weighted by Crippen LogP contribution is -2.27. The van der Waals surface area contributed by atoms with Crippen LogP contribution in [0, 0.1) is 5.82 Å². The van der Waals surface area contributed by atoms with Gasteiger partial charge in [-0.05, 0) is 19.1 Å². The second kappa shape index (κ2) is 6.48. The molecule has 0 radical (unpaired) electrons. The van der Waals surface area contributed by atoms with E-state index >= 15 is 0 Å². The Hall–Kier alpha value is -1.67. The first-order valence-corrected chi connectivity index (χ1v) is 7.06. The number of anilines is 1. The van der Waals surface area contributed by atoms with E-state index in [4.69, 9.17) is 5.73 Å². The van der Waals surface area contributed by atoms with Gasteiger partial charge in [-0.1, -0.05) is 6.07 Å². The zero-order valence-corrected chi connectivity index (χ0v) is 11.2. The number of carbonyl (C=O) groups excluding carboxylic acids is 1. The Morgan fingerprint density at radius 1 is 1.47 bits per heavy atom. The third-order valence-electron chi connectivity index (χ3n) is 2.23. The van der Waals surface area contributed by atoms with Gasteiger partial charge in [0.15, 0.2) is 0 Å². The molecular weight excluding hydrogens is 275 g/mol. The summed E-state index contributed by atoms with van der Waals surface area (Å²) in [5.74, 6) is -1.33. The third-order valence-corrected chi connectivity index (χ3v) is 3.75. The van der Waals surface area contributed by atoms with Crippen molar-refractivity contribution >= 4 is 21.7 Å². The number of para-hydroxylation sites is 1. The second-order valence-corrected chi connectivity index (χ2v) is 5.34. The number of sulfonamides is 1. The van der Waals surface area contributed by atoms with Crippen LogP contribution in [-0.2, 0) is 19.6 Å². The van der Waals surface area contributed by atoms with E-state index in [0.717, 1.165) is 6.07 Å². The average Bonchev–Trinajstić information content (AvgIpc) is 2.32. The van der Waals surface area contributed by atoms with E-state index in [1.165, 1.54) is 12.1 Å². The number of hydrogen-bond acceptors (Lipinski definition) is 5. The lowest BCUT2D eigenvalue weighted by atomic mass is 10.3. The lowest BCUT2D eigenvalue weighted by Gasteiger charge is -2.09. The topological polar surface area (TPSA) is 98.5 Å². The Kier molecular flexibility index (Phi) is 5.25. The molecule has 3 N–H and O–H groups in total. The lowest BCUT2D eigenvalue weighted by molar-refractivity contribution is -0.142. The minimum absolute atomic E-state index is 0.109. The van der Waals surface area contributed by atoms with Crippen LogP contribution < -0.4 is 10.5 Å². The van der Waals surface area contributed by atoms with Crippen LogP contribution in [0.5, 0.6) is 0 Å². The van der Waals surface area contributed by atoms with Gasteiger partial charge in [-0.25, -0.2) is 17.5 Å². The van der Waals surface area contributed by atoms with Crippen molar-refractivity contribution < 1.29 is 22.3 Å². The SMILES string of the molecule is CCOC(=O)CCNS(=O)(=O)c1cccc(F)c1N. The number of nitrogen functional groups attached to an aromatic ring is 1. The molecule has 0 unspecified atom stereocenters. The van der Waals surface area contributed by atoms with Crippen molar-refractivity contribution in [2.24, 2.45) is 0 Å². The van der Waals surface area contributed by atoms with Crippen LogP contribution in [0.25, 0.3) is 0 Å². The molecule has 0 fully saturated rings. The molecule has 0 atom stereocenters. The third kappa shape index (κ3) is 4.18. The van der Waals surface area contributed by atoms with Crippen molar-refractivity contribution in [3.05, 3.63) is 24.0 Å². The minimum Gasteiger partial charge on any atom is -0.466 e. The largest absolute Gasteiger partial charge is 0.466 e. The van der Waals surface area contributed by atoms with Crippen molar-refractivity contribution in [3.8, 4) is 0 Å². The molecule has 0 saturated carbocycles. The number of carbonyl (C=O) groups is 1. The summed E-state index contributed by atoms with van der Waals surface area (Å²) in [7, 11) is -3.95. The molecule has 0 amide bonds. The van der Waals surface area contributed by atoms with Gasteiger partial charge in [0.25, 0.3) is 0 Å². The highest BCUT2D eigenvalue weighted by Gasteiger charge is 2.19. The molecule has 0 aliphatic rings. The minimum atomic E-state index is -3.95. The molecule has 6 nitrogen and oxygen atoms in total. The molecule has 0 aliphatic heterocycles. The predicted molar refractivity (Wildman–Crippen MR) is 67.3 cm³/mol. The molecule has 19 heavy (non-hydrogen) atoms. The first-order valence-electron chi connectivity index (χ1n) is 5.57. The van der Waals surface area contributed by atoms with Gasteiger partial charge in [-0.15, -0.1) is 0 Å². The van der Waals surface area contributed by atoms with Crippen LogP contribution in [0.3, 0.4) is 0 Å². The first-order chi connectivity index (χ1) is 8.88. The van der Waals surface area contributed by atoms with Crippen molar-refractivity contribution in [1.82, 2.24) is 4.72 Å². The summed E-state index contributed by atoms with van der Waals surface area (Å²) in [5.41, 5.74) is 4.91. The van der Waals surface area contributed by atoms with Crippen molar-refractivity contribution in [3.63, 3.8) is 0 Å². The van der Waals surface area contributed by atoms with Crippen LogP contribution in [-0.4, -0.2) is 27.5 Å². The molecule has 0 heterocycles. The highest BCUT2D eigenvalue weighted by Crippen LogP contribution is 2.20. The van der Waals surface area contributed by atoms with Crippen LogP contribution >= 0.6 is 0 Å². The second-order valence-electron chi connectivity index (χ2n) is 3.60. The summed E-state index contributed by atoms with van der Waals surface area (Å²) < 4.78 is 43.6. The Bertz CT molecular complexity index is 560. The molecule has 1 aromatic carbocycles. The number of hydrogen-bond donors (Lipinski definition) is 2. The number of esters is 1. The molecule has 0 aromatic heterocycles. The summed E-state index contributed by atoms with van der Waals surface area (Å²) in [6.07, 6.45) is -0.109. The normalized spacial score (nSPS) is 11.3. The molecule has 8 heteroatoms. The molecule has 0 aliphatic carbocycles. The zero-order valence-electron chi connectivity index (χ0n) is 10.3. The van der Waals surface area contributed by atoms with Gasteiger partial charge in [-0.2, -0.15) is 0 Å². The van der Waals surface area contributed by atoms with E-state index in [-0.39, 0.29) is 24.5 Å². The standard InChI is InChI=1S/C11H15FN2O4S/c1-2-18-10(15)6-7-14-19(16,17)9-5-3-4-8(12)11(9)13/h3-5,14H,2,6-7,13H2,1H3. The van der Waals surface area contributed by atoms with E-state index in [1.807, 2.05) is 0 Å². The maximum Gasteiger partial charge on any atom is 0.307 e. The monoisotopic (exact) mass is 290 g/mol. The van der Waals surface area contributed by atoms with Gasteiger partial charge < -0.3 is 10.5 Å². The van der Waals surface area contributed by atoms with E-state index in [0.29, 0.717) is 0 Å². The molecule has 1 aromatic rings. The quantitative estimate of drug-likeness (QED) is 0.591. The summed E-state index contributed by atoms with van der Waals surface area (Å²) in [5, 5.41) is 0. The number of nitrogens with two attached hydrogens (primary N) is 1. The van der Waals surface area contributed by atoms with Gasteiger partial charge in [0.05, 0.1) is 18.7 Å². The fourth-order valence-electron chi connectivity index (χ4n) is 1.35. The maximum atomic E-state index is 13.2. The Labute approximate surface area is 110 Å². The molecule has 1 rings (SSSR count). The Morgan fingerprint density at radius 3 is 2.79 bits per heavy atom. The van der Waals surface area contributed by atoms with Gasteiger partial charge in [0.1, 0.15) is 10.7 Å². The van der Waals surface area contributed by atoms with E-state index in [1.54, 1.807) is 6.92 Å². The molecule has 0 bridgehead atoms. The van der Waals surface area contributed by atoms with Gasteiger partial charge >= 0.3 is 5.97 Å². The number of nitrogens with one attached hydrogen (secondary N) is 1. The highest BCUT2D eigenvalue weighted by atomic mass is 32.2. The zero-order chi connectivity index (χ0) is 14.5. The molecular formula is C11H15FN2O4S. The van der Waals surface area contributed by atoms with Crippen molar-refractivity contribution in [2.75, 3.05) is 18.9 Å². The number of halogens is 1. The van der Waals surface area contributed by atoms with Gasteiger partial charge in [-0.3, -0.25) is 4.79 Å². The number of benzene rings is 1. The van der Waals surface area contributed by atoms with Crippen LogP contribution in [0.1, 0.15) is 13.3 Å². The van der Waals surface area contributed by atoms with E-state index in [2.05, 4.69) is 9.46 Å². The first kappa shape index (κ1) is 15.4. The Balaban J connectivity index is 2.72. The van der Waals surface area contributed by atoms with Gasteiger partial charge in [0.2, 0.25) is 10.0 Å². The predicted octanol–water partition coefficient (Wildman–Crippen LogP) is 0.639. The molecule has 0 saturated heterocycles. The van der Waals surface area contributed by atoms with Crippen LogP contribution in [0.15, 0.2) is 23.1 Å². The fourth-order valence-corrected chi connectivity index (χ4v) is 2.52. The van der Waals surface area contributed by atoms with Crippen molar-refractivity contribution in [2.45, 2.75) is 18.2 Å². The maximum absolute atomic E-state index is 13.2. The fraction of sp³-hybridized carbons (Fsp3) is 0.364. The summed E-state index contributed by atoms with van der Waals surface area (Å²) in [4.78, 5) is 10.7. The number of rotatable bonds is 6. The summed E-state index contributed by atoms with van der Waals surface area (Å²) in [6.45, 7) is 1.73. The average molecular weight is 290 g/mol. The van der Waals surface area contributed by atoms with E-state index < -0.39 is 27.5 Å². The van der Waals surface area contributed by atoms with Crippen LogP contribution in [0.2, 0.25) is 0 Å². The molecule has 0 spiro atoms. The summed E-state index contributed by atoms with van der Waals surface area (Å²) in [6, 6.07) is 3.49. The van der Waals surface area contributed by atoms with Crippen molar-refractivity contribution in [1.29, 1.82) is 0 Å². The number of ether oxygens (including phenoxy) is 1. The van der Waals surface area contributed by atoms with Crippen LogP contribution in [0.4, 0.5) is 10.1 Å².